The van der Waals surface area contributed by atoms with Crippen LogP contribution in [-0.4, -0.2) is 24.6 Å². The molecule has 1 heterocycles. The number of nitrogens with two attached hydrogens (primary N) is 1. The Morgan fingerprint density at radius 3 is 3.00 bits per heavy atom. The smallest absolute Gasteiger partial charge is 0.325 e. The number of methoxy groups -OCH3 is 1. The molecule has 0 aliphatic carbocycles. The van der Waals surface area contributed by atoms with Crippen LogP contribution < -0.4 is 11.1 Å². The number of carbonyl (C=O) groups excluding carboxylic acids is 1. The van der Waals surface area contributed by atoms with E-state index in [2.05, 4.69) is 15.0 Å². The highest BCUT2D eigenvalue weighted by atomic mass is 19.1. The van der Waals surface area contributed by atoms with Crippen molar-refractivity contribution in [2.45, 2.75) is 0 Å². The second-order valence-corrected chi connectivity index (χ2v) is 3.68. The summed E-state index contributed by atoms with van der Waals surface area (Å²) in [5.74, 6) is -0.489. The molecule has 1 aromatic heterocycles. The van der Waals surface area contributed by atoms with Gasteiger partial charge in [-0.3, -0.25) is 4.79 Å². The predicted molar refractivity (Wildman–Crippen MR) is 66.6 cm³/mol. The second kappa shape index (κ2) is 4.87. The Bertz CT molecular complexity index is 601. The highest BCUT2D eigenvalue weighted by Gasteiger charge is 2.08. The number of hydrogen-bond donors (Lipinski definition) is 2. The molecule has 0 saturated carbocycles. The highest BCUT2D eigenvalue weighted by Crippen LogP contribution is 2.26. The first-order chi connectivity index (χ1) is 8.61. The average molecular weight is 249 g/mol. The first-order valence-corrected chi connectivity index (χ1v) is 5.26. The van der Waals surface area contributed by atoms with Gasteiger partial charge >= 0.3 is 5.97 Å². The van der Waals surface area contributed by atoms with E-state index in [0.29, 0.717) is 22.3 Å². The summed E-state index contributed by atoms with van der Waals surface area (Å²) < 4.78 is 17.8. The van der Waals surface area contributed by atoms with E-state index in [9.17, 15) is 9.18 Å². The number of anilines is 2. The molecule has 94 valence electrons. The van der Waals surface area contributed by atoms with Crippen LogP contribution in [0.2, 0.25) is 0 Å². The number of nitrogens with one attached hydrogen (secondary N) is 1. The lowest BCUT2D eigenvalue weighted by Gasteiger charge is -2.09. The molecule has 0 fully saturated rings. The Balaban J connectivity index is 2.41. The van der Waals surface area contributed by atoms with Crippen LogP contribution in [0.15, 0.2) is 24.4 Å². The van der Waals surface area contributed by atoms with Crippen molar-refractivity contribution in [3.8, 4) is 0 Å². The van der Waals surface area contributed by atoms with Gasteiger partial charge in [-0.25, -0.2) is 9.37 Å². The van der Waals surface area contributed by atoms with Gasteiger partial charge in [0.2, 0.25) is 0 Å². The minimum atomic E-state index is -0.450. The SMILES string of the molecule is COC(=O)CNc1nccc2c(N)cc(F)cc12. The Labute approximate surface area is 103 Å². The van der Waals surface area contributed by atoms with Crippen LogP contribution in [0.1, 0.15) is 0 Å². The number of nitrogens with zero attached hydrogens (tertiary/aromatic N) is 1. The predicted octanol–water partition coefficient (Wildman–Crippen LogP) is 1.54. The van der Waals surface area contributed by atoms with E-state index in [1.807, 2.05) is 0 Å². The number of hydrogen-bond acceptors (Lipinski definition) is 5. The van der Waals surface area contributed by atoms with Crippen LogP contribution in [0.25, 0.3) is 10.8 Å². The molecule has 0 unspecified atom stereocenters. The molecule has 0 aliphatic heterocycles. The van der Waals surface area contributed by atoms with Gasteiger partial charge in [-0.1, -0.05) is 0 Å². The van der Waals surface area contributed by atoms with E-state index in [-0.39, 0.29) is 6.54 Å². The number of halogens is 1. The maximum Gasteiger partial charge on any atom is 0.325 e. The van der Waals surface area contributed by atoms with Gasteiger partial charge in [-0.15, -0.1) is 0 Å². The summed E-state index contributed by atoms with van der Waals surface area (Å²) in [6.45, 7) is -0.0426. The van der Waals surface area contributed by atoms with Crippen molar-refractivity contribution in [2.24, 2.45) is 0 Å². The van der Waals surface area contributed by atoms with Crippen molar-refractivity contribution in [2.75, 3.05) is 24.7 Å². The Kier molecular flexibility index (Phi) is 3.27. The fraction of sp³-hybridized carbons (Fsp3) is 0.167. The van der Waals surface area contributed by atoms with Crippen molar-refractivity contribution in [3.05, 3.63) is 30.2 Å². The third kappa shape index (κ3) is 2.32. The third-order valence-corrected chi connectivity index (χ3v) is 2.50. The minimum absolute atomic E-state index is 0.0426. The summed E-state index contributed by atoms with van der Waals surface area (Å²) in [5, 5.41) is 3.99. The zero-order chi connectivity index (χ0) is 13.1. The van der Waals surface area contributed by atoms with Crippen LogP contribution >= 0.6 is 0 Å². The number of pyridine rings is 1. The summed E-state index contributed by atoms with van der Waals surface area (Å²) in [6.07, 6.45) is 1.54. The van der Waals surface area contributed by atoms with Crippen molar-refractivity contribution < 1.29 is 13.9 Å². The quantitative estimate of drug-likeness (QED) is 0.637. The van der Waals surface area contributed by atoms with E-state index < -0.39 is 11.8 Å². The molecule has 0 saturated heterocycles. The topological polar surface area (TPSA) is 77.2 Å². The van der Waals surface area contributed by atoms with Gasteiger partial charge < -0.3 is 15.8 Å². The Morgan fingerprint density at radius 2 is 2.28 bits per heavy atom. The number of fused-ring (bicyclic) bond motifs is 1. The van der Waals surface area contributed by atoms with Gasteiger partial charge in [0.05, 0.1) is 7.11 Å². The molecule has 0 atom stereocenters. The number of esters is 1. The number of rotatable bonds is 3. The van der Waals surface area contributed by atoms with Crippen LogP contribution in [0.5, 0.6) is 0 Å². The summed E-state index contributed by atoms with van der Waals surface area (Å²) in [4.78, 5) is 15.1. The molecular weight excluding hydrogens is 237 g/mol. The van der Waals surface area contributed by atoms with E-state index in [0.717, 1.165) is 0 Å². The standard InChI is InChI=1S/C12H12FN3O2/c1-18-11(17)6-16-12-9-4-7(13)5-10(14)8(9)2-3-15-12/h2-5H,6,14H2,1H3,(H,15,16). The number of carbonyl (C=O) groups is 1. The molecule has 1 aromatic carbocycles. The molecule has 0 radical (unpaired) electrons. The number of ether oxygens (including phenoxy) is 1. The fourth-order valence-corrected chi connectivity index (χ4v) is 1.65. The largest absolute Gasteiger partial charge is 0.468 e. The van der Waals surface area contributed by atoms with Gasteiger partial charge in [0.1, 0.15) is 18.2 Å². The average Bonchev–Trinajstić information content (AvgIpc) is 2.36. The molecule has 5 nitrogen and oxygen atoms in total. The molecule has 0 spiro atoms. The summed E-state index contributed by atoms with van der Waals surface area (Å²) in [5.41, 5.74) is 6.05. The molecule has 6 heteroatoms. The normalized spacial score (nSPS) is 10.3. The molecule has 2 rings (SSSR count). The molecule has 2 aromatic rings. The Morgan fingerprint density at radius 1 is 1.50 bits per heavy atom. The van der Waals surface area contributed by atoms with Crippen molar-refractivity contribution in [1.29, 1.82) is 0 Å². The number of benzene rings is 1. The molecule has 18 heavy (non-hydrogen) atoms. The van der Waals surface area contributed by atoms with Gasteiger partial charge in [0.25, 0.3) is 0 Å². The summed E-state index contributed by atoms with van der Waals surface area (Å²) >= 11 is 0. The van der Waals surface area contributed by atoms with Crippen molar-refractivity contribution in [3.63, 3.8) is 0 Å². The summed E-state index contributed by atoms with van der Waals surface area (Å²) in [7, 11) is 1.29. The second-order valence-electron chi connectivity index (χ2n) is 3.68. The lowest BCUT2D eigenvalue weighted by atomic mass is 10.1. The number of nitrogen functional groups attached to an aromatic ring is 1. The van der Waals surface area contributed by atoms with E-state index in [1.54, 1.807) is 6.07 Å². The number of aromatic nitrogens is 1. The molecule has 0 bridgehead atoms. The maximum absolute atomic E-state index is 13.3. The zero-order valence-corrected chi connectivity index (χ0v) is 9.74. The molecule has 3 N–H and O–H groups in total. The van der Waals surface area contributed by atoms with E-state index in [1.165, 1.54) is 25.4 Å². The molecule has 0 amide bonds. The highest BCUT2D eigenvalue weighted by molar-refractivity contribution is 5.99. The zero-order valence-electron chi connectivity index (χ0n) is 9.74. The Hall–Kier alpha value is -2.37. The van der Waals surface area contributed by atoms with E-state index >= 15 is 0 Å². The molecule has 0 aliphatic rings. The van der Waals surface area contributed by atoms with E-state index in [4.69, 9.17) is 5.73 Å². The van der Waals surface area contributed by atoms with Crippen LogP contribution in [0.4, 0.5) is 15.9 Å². The van der Waals surface area contributed by atoms with Crippen LogP contribution in [0, 0.1) is 5.82 Å². The first kappa shape index (κ1) is 12.1. The fourth-order valence-electron chi connectivity index (χ4n) is 1.65. The van der Waals surface area contributed by atoms with Gasteiger partial charge in [0, 0.05) is 22.7 Å². The lowest BCUT2D eigenvalue weighted by molar-refractivity contribution is -0.138. The first-order valence-electron chi connectivity index (χ1n) is 5.26. The monoisotopic (exact) mass is 249 g/mol. The minimum Gasteiger partial charge on any atom is -0.468 e. The van der Waals surface area contributed by atoms with Gasteiger partial charge in [0.15, 0.2) is 0 Å². The third-order valence-electron chi connectivity index (χ3n) is 2.50. The van der Waals surface area contributed by atoms with Crippen LogP contribution in [0.3, 0.4) is 0 Å². The van der Waals surface area contributed by atoms with Crippen LogP contribution in [-0.2, 0) is 9.53 Å². The van der Waals surface area contributed by atoms with Crippen molar-refractivity contribution in [1.82, 2.24) is 4.98 Å². The lowest BCUT2D eigenvalue weighted by Crippen LogP contribution is -2.15. The van der Waals surface area contributed by atoms with Gasteiger partial charge in [-0.2, -0.15) is 0 Å². The van der Waals surface area contributed by atoms with Crippen molar-refractivity contribution >= 4 is 28.2 Å². The van der Waals surface area contributed by atoms with Gasteiger partial charge in [-0.05, 0) is 18.2 Å². The summed E-state index contributed by atoms with van der Waals surface area (Å²) in [6, 6.07) is 4.25. The molecular formula is C12H12FN3O2. The maximum atomic E-state index is 13.3.